The average Bonchev–Trinajstić information content (AvgIpc) is 2.33. The van der Waals surface area contributed by atoms with Crippen molar-refractivity contribution in [1.29, 1.82) is 0 Å². The number of nitrogens with zero attached hydrogens (tertiary/aromatic N) is 1. The van der Waals surface area contributed by atoms with Crippen LogP contribution in [0.4, 0.5) is 13.2 Å². The van der Waals surface area contributed by atoms with Crippen molar-refractivity contribution in [3.8, 4) is 0 Å². The predicted molar refractivity (Wildman–Crippen MR) is 70.0 cm³/mol. The van der Waals surface area contributed by atoms with Crippen LogP contribution in [0.3, 0.4) is 0 Å². The van der Waals surface area contributed by atoms with Crippen LogP contribution in [0.25, 0.3) is 0 Å². The van der Waals surface area contributed by atoms with Crippen LogP contribution in [-0.2, 0) is 19.1 Å². The minimum absolute atomic E-state index is 0.133. The van der Waals surface area contributed by atoms with Crippen molar-refractivity contribution < 1.29 is 30.0 Å². The highest BCUT2D eigenvalue weighted by Gasteiger charge is 2.38. The Morgan fingerprint density at radius 1 is 1.10 bits per heavy atom. The maximum Gasteiger partial charge on any atom is 0.402 e. The normalized spacial score (nSPS) is 13.6. The third-order valence-corrected chi connectivity index (χ3v) is 5.93. The van der Waals surface area contributed by atoms with Crippen molar-refractivity contribution in [2.75, 3.05) is 13.1 Å². The SMILES string of the molecule is CCN(CC(F)(F)F)S(=O)(=O)c1ccccc1S(=O)(=O)Cl. The molecule has 0 saturated heterocycles. The molecular weight excluding hydrogens is 355 g/mol. The highest BCUT2D eigenvalue weighted by Crippen LogP contribution is 2.28. The first kappa shape index (κ1) is 18.2. The van der Waals surface area contributed by atoms with Gasteiger partial charge in [0.2, 0.25) is 10.0 Å². The molecule has 11 heteroatoms. The Morgan fingerprint density at radius 2 is 1.57 bits per heavy atom. The molecule has 0 radical (unpaired) electrons. The lowest BCUT2D eigenvalue weighted by Gasteiger charge is -2.22. The van der Waals surface area contributed by atoms with Crippen molar-refractivity contribution in [1.82, 2.24) is 4.31 Å². The summed E-state index contributed by atoms with van der Waals surface area (Å²) in [5, 5.41) is 0. The molecule has 0 aliphatic heterocycles. The van der Waals surface area contributed by atoms with Gasteiger partial charge in [0, 0.05) is 17.2 Å². The molecule has 21 heavy (non-hydrogen) atoms. The minimum Gasteiger partial charge on any atom is -0.207 e. The summed E-state index contributed by atoms with van der Waals surface area (Å²) < 4.78 is 84.5. The van der Waals surface area contributed by atoms with Gasteiger partial charge in [-0.2, -0.15) is 17.5 Å². The third kappa shape index (κ3) is 4.56. The van der Waals surface area contributed by atoms with Crippen LogP contribution in [0.2, 0.25) is 0 Å². The molecular formula is C10H11ClF3NO4S2. The first-order valence-corrected chi connectivity index (χ1v) is 9.25. The smallest absolute Gasteiger partial charge is 0.207 e. The lowest BCUT2D eigenvalue weighted by atomic mass is 10.4. The number of benzene rings is 1. The van der Waals surface area contributed by atoms with Crippen LogP contribution in [0, 0.1) is 0 Å². The van der Waals surface area contributed by atoms with Gasteiger partial charge in [-0.05, 0) is 12.1 Å². The summed E-state index contributed by atoms with van der Waals surface area (Å²) >= 11 is 0. The molecule has 5 nitrogen and oxygen atoms in total. The van der Waals surface area contributed by atoms with Crippen LogP contribution in [0.15, 0.2) is 34.1 Å². The van der Waals surface area contributed by atoms with Crippen LogP contribution in [-0.4, -0.2) is 40.4 Å². The zero-order valence-corrected chi connectivity index (χ0v) is 13.0. The lowest BCUT2D eigenvalue weighted by Crippen LogP contribution is -2.39. The highest BCUT2D eigenvalue weighted by atomic mass is 35.7. The molecule has 0 spiro atoms. The Labute approximate surface area is 124 Å². The molecule has 0 aliphatic rings. The Kier molecular flexibility index (Phi) is 5.30. The molecule has 0 aromatic heterocycles. The maximum absolute atomic E-state index is 12.4. The van der Waals surface area contributed by atoms with Gasteiger partial charge in [0.05, 0.1) is 0 Å². The fourth-order valence-corrected chi connectivity index (χ4v) is 4.81. The molecule has 0 N–H and O–H groups in total. The molecule has 0 aliphatic carbocycles. The van der Waals surface area contributed by atoms with E-state index >= 15 is 0 Å². The summed E-state index contributed by atoms with van der Waals surface area (Å²) in [6.45, 7) is -0.984. The zero-order valence-electron chi connectivity index (χ0n) is 10.6. The van der Waals surface area contributed by atoms with Gasteiger partial charge in [-0.1, -0.05) is 19.1 Å². The van der Waals surface area contributed by atoms with Crippen molar-refractivity contribution in [2.24, 2.45) is 0 Å². The molecule has 0 heterocycles. The van der Waals surface area contributed by atoms with Gasteiger partial charge < -0.3 is 0 Å². The molecule has 0 fully saturated rings. The van der Waals surface area contributed by atoms with Gasteiger partial charge in [-0.3, -0.25) is 0 Å². The number of rotatable bonds is 5. The van der Waals surface area contributed by atoms with Crippen molar-refractivity contribution in [2.45, 2.75) is 22.9 Å². The Morgan fingerprint density at radius 3 is 1.95 bits per heavy atom. The molecule has 1 aromatic rings. The van der Waals surface area contributed by atoms with E-state index < -0.39 is 48.1 Å². The molecule has 0 atom stereocenters. The van der Waals surface area contributed by atoms with E-state index in [2.05, 4.69) is 0 Å². The summed E-state index contributed by atoms with van der Waals surface area (Å²) in [7, 11) is -3.95. The fourth-order valence-electron chi connectivity index (χ4n) is 1.57. The lowest BCUT2D eigenvalue weighted by molar-refractivity contribution is -0.135. The van der Waals surface area contributed by atoms with E-state index in [1.54, 1.807) is 0 Å². The second kappa shape index (κ2) is 6.11. The number of hydrogen-bond donors (Lipinski definition) is 0. The summed E-state index contributed by atoms with van der Waals surface area (Å²) in [6, 6.07) is 4.22. The van der Waals surface area contributed by atoms with Crippen LogP contribution >= 0.6 is 10.7 Å². The summed E-state index contributed by atoms with van der Waals surface area (Å²) in [5.41, 5.74) is 0. The van der Waals surface area contributed by atoms with E-state index in [4.69, 9.17) is 10.7 Å². The first-order valence-electron chi connectivity index (χ1n) is 5.50. The number of sulfonamides is 1. The van der Waals surface area contributed by atoms with Crippen LogP contribution in [0.1, 0.15) is 6.92 Å². The number of hydrogen-bond acceptors (Lipinski definition) is 4. The Hall–Kier alpha value is -0.840. The zero-order chi connectivity index (χ0) is 16.5. The van der Waals surface area contributed by atoms with E-state index in [9.17, 15) is 30.0 Å². The van der Waals surface area contributed by atoms with Crippen molar-refractivity contribution >= 4 is 29.8 Å². The van der Waals surface area contributed by atoms with Crippen LogP contribution in [0.5, 0.6) is 0 Å². The van der Waals surface area contributed by atoms with Gasteiger partial charge in [0.25, 0.3) is 9.05 Å². The van der Waals surface area contributed by atoms with Gasteiger partial charge in [0.15, 0.2) is 0 Å². The first-order chi connectivity index (χ1) is 9.39. The van der Waals surface area contributed by atoms with Gasteiger partial charge >= 0.3 is 6.18 Å². The standard InChI is InChI=1S/C10H11ClF3NO4S2/c1-2-15(7-10(12,13)14)21(18,19)9-6-4-3-5-8(9)20(11,16)17/h3-6H,2,7H2,1H3. The second-order valence-electron chi connectivity index (χ2n) is 3.93. The third-order valence-electron chi connectivity index (χ3n) is 2.44. The summed E-state index contributed by atoms with van der Waals surface area (Å²) in [4.78, 5) is -1.54. The van der Waals surface area contributed by atoms with Gasteiger partial charge in [-0.25, -0.2) is 16.8 Å². The predicted octanol–water partition coefficient (Wildman–Crippen LogP) is 2.19. The molecule has 0 unspecified atom stereocenters. The second-order valence-corrected chi connectivity index (χ2v) is 8.37. The van der Waals surface area contributed by atoms with Crippen LogP contribution < -0.4 is 0 Å². The molecule has 0 saturated carbocycles. The molecule has 0 amide bonds. The minimum atomic E-state index is -4.75. The topological polar surface area (TPSA) is 71.5 Å². The molecule has 0 bridgehead atoms. The quantitative estimate of drug-likeness (QED) is 0.750. The molecule has 120 valence electrons. The van der Waals surface area contributed by atoms with E-state index in [1.165, 1.54) is 19.1 Å². The fraction of sp³-hybridized carbons (Fsp3) is 0.400. The van der Waals surface area contributed by atoms with Crippen molar-refractivity contribution in [3.05, 3.63) is 24.3 Å². The largest absolute Gasteiger partial charge is 0.402 e. The monoisotopic (exact) mass is 365 g/mol. The van der Waals surface area contributed by atoms with E-state index in [0.717, 1.165) is 12.1 Å². The van der Waals surface area contributed by atoms with E-state index in [1.807, 2.05) is 0 Å². The molecule has 1 rings (SSSR count). The molecule has 1 aromatic carbocycles. The number of alkyl halides is 3. The van der Waals surface area contributed by atoms with Gasteiger partial charge in [-0.15, -0.1) is 0 Å². The average molecular weight is 366 g/mol. The Bertz CT molecular complexity index is 716. The highest BCUT2D eigenvalue weighted by molar-refractivity contribution is 8.14. The summed E-state index contributed by atoms with van der Waals surface area (Å²) in [5.74, 6) is 0. The number of halogens is 4. The summed E-state index contributed by atoms with van der Waals surface area (Å²) in [6.07, 6.45) is -4.75. The van der Waals surface area contributed by atoms with E-state index in [0.29, 0.717) is 0 Å². The van der Waals surface area contributed by atoms with Crippen molar-refractivity contribution in [3.63, 3.8) is 0 Å². The Balaban J connectivity index is 3.44. The maximum atomic E-state index is 12.4. The van der Waals surface area contributed by atoms with Gasteiger partial charge in [0.1, 0.15) is 16.3 Å². The van der Waals surface area contributed by atoms with E-state index in [-0.39, 0.29) is 4.31 Å².